The maximum atomic E-state index is 11.4. The molecule has 2 rings (SSSR count). The second-order valence-electron chi connectivity index (χ2n) is 4.24. The van der Waals surface area contributed by atoms with Crippen LogP contribution in [-0.4, -0.2) is 19.7 Å². The maximum absolute atomic E-state index is 11.4. The van der Waals surface area contributed by atoms with Crippen molar-refractivity contribution in [3.05, 3.63) is 42.1 Å². The topological polar surface area (TPSA) is 73.0 Å². The highest BCUT2D eigenvalue weighted by Gasteiger charge is 2.08. The fourth-order valence-corrected chi connectivity index (χ4v) is 3.01. The summed E-state index contributed by atoms with van der Waals surface area (Å²) < 4.78 is 22.7. The Morgan fingerprint density at radius 3 is 2.37 bits per heavy atom. The summed E-state index contributed by atoms with van der Waals surface area (Å²) in [6.45, 7) is 1.94. The van der Waals surface area contributed by atoms with Crippen LogP contribution in [-0.2, 0) is 9.84 Å². The lowest BCUT2D eigenvalue weighted by Gasteiger charge is -2.06. The van der Waals surface area contributed by atoms with Crippen LogP contribution in [0.5, 0.6) is 0 Å². The standard InChI is InChI=1S/C13H14N2O2S2/c1-9-7-10(14)8-15-13(9)18-11-3-5-12(6-4-11)19(2,16)17/h3-8H,14H2,1-2H3. The molecule has 6 heteroatoms. The molecule has 0 aliphatic carbocycles. The molecule has 0 atom stereocenters. The van der Waals surface area contributed by atoms with E-state index in [-0.39, 0.29) is 0 Å². The minimum Gasteiger partial charge on any atom is -0.397 e. The number of pyridine rings is 1. The van der Waals surface area contributed by atoms with Crippen molar-refractivity contribution in [3.8, 4) is 0 Å². The van der Waals surface area contributed by atoms with E-state index in [1.165, 1.54) is 18.0 Å². The molecule has 19 heavy (non-hydrogen) atoms. The predicted molar refractivity (Wildman–Crippen MR) is 77.1 cm³/mol. The third-order valence-corrected chi connectivity index (χ3v) is 4.77. The van der Waals surface area contributed by atoms with Gasteiger partial charge in [-0.1, -0.05) is 11.8 Å². The Labute approximate surface area is 117 Å². The molecule has 0 fully saturated rings. The summed E-state index contributed by atoms with van der Waals surface area (Å²) >= 11 is 1.48. The van der Waals surface area contributed by atoms with E-state index in [9.17, 15) is 8.42 Å². The zero-order valence-electron chi connectivity index (χ0n) is 10.6. The third-order valence-electron chi connectivity index (χ3n) is 2.52. The zero-order valence-corrected chi connectivity index (χ0v) is 12.3. The molecule has 0 amide bonds. The van der Waals surface area contributed by atoms with Crippen molar-refractivity contribution in [3.63, 3.8) is 0 Å². The van der Waals surface area contributed by atoms with Crippen molar-refractivity contribution < 1.29 is 8.42 Å². The van der Waals surface area contributed by atoms with Gasteiger partial charge in [0.05, 0.1) is 16.8 Å². The van der Waals surface area contributed by atoms with Crippen LogP contribution in [0.4, 0.5) is 5.69 Å². The first-order valence-electron chi connectivity index (χ1n) is 5.56. The zero-order chi connectivity index (χ0) is 14.0. The Balaban J connectivity index is 2.25. The van der Waals surface area contributed by atoms with E-state index in [0.29, 0.717) is 10.6 Å². The van der Waals surface area contributed by atoms with E-state index < -0.39 is 9.84 Å². The summed E-state index contributed by atoms with van der Waals surface area (Å²) in [7, 11) is -3.15. The Bertz CT molecular complexity index is 695. The normalized spacial score (nSPS) is 11.5. The van der Waals surface area contributed by atoms with Gasteiger partial charge in [0.25, 0.3) is 0 Å². The molecule has 1 aromatic carbocycles. The molecule has 4 nitrogen and oxygen atoms in total. The number of hydrogen-bond acceptors (Lipinski definition) is 5. The number of nitrogens with zero attached hydrogens (tertiary/aromatic N) is 1. The number of benzene rings is 1. The number of hydrogen-bond donors (Lipinski definition) is 1. The number of anilines is 1. The maximum Gasteiger partial charge on any atom is 0.175 e. The van der Waals surface area contributed by atoms with Crippen LogP contribution in [0.2, 0.25) is 0 Å². The summed E-state index contributed by atoms with van der Waals surface area (Å²) in [5.41, 5.74) is 7.28. The first kappa shape index (κ1) is 13.9. The molecular formula is C13H14N2O2S2. The van der Waals surface area contributed by atoms with Crippen molar-refractivity contribution in [2.24, 2.45) is 0 Å². The van der Waals surface area contributed by atoms with Gasteiger partial charge >= 0.3 is 0 Å². The third kappa shape index (κ3) is 3.48. The molecular weight excluding hydrogens is 280 g/mol. The fourth-order valence-electron chi connectivity index (χ4n) is 1.56. The Kier molecular flexibility index (Phi) is 3.82. The van der Waals surface area contributed by atoms with Crippen molar-refractivity contribution in [2.75, 3.05) is 12.0 Å². The highest BCUT2D eigenvalue weighted by atomic mass is 32.2. The van der Waals surface area contributed by atoms with Crippen LogP contribution >= 0.6 is 11.8 Å². The average molecular weight is 294 g/mol. The highest BCUT2D eigenvalue weighted by Crippen LogP contribution is 2.29. The average Bonchev–Trinajstić information content (AvgIpc) is 2.32. The summed E-state index contributed by atoms with van der Waals surface area (Å²) in [5.74, 6) is 0. The van der Waals surface area contributed by atoms with Crippen LogP contribution in [0, 0.1) is 6.92 Å². The van der Waals surface area contributed by atoms with Crippen molar-refractivity contribution in [2.45, 2.75) is 21.7 Å². The first-order chi connectivity index (χ1) is 8.86. The van der Waals surface area contributed by atoms with Gasteiger partial charge in [0.15, 0.2) is 9.84 Å². The monoisotopic (exact) mass is 294 g/mol. The van der Waals surface area contributed by atoms with Gasteiger partial charge in [0, 0.05) is 11.2 Å². The lowest BCUT2D eigenvalue weighted by Crippen LogP contribution is -1.96. The second-order valence-corrected chi connectivity index (χ2v) is 7.31. The number of aryl methyl sites for hydroxylation is 1. The number of rotatable bonds is 3. The summed E-state index contributed by atoms with van der Waals surface area (Å²) in [6, 6.07) is 8.62. The molecule has 100 valence electrons. The molecule has 1 heterocycles. The Morgan fingerprint density at radius 2 is 1.84 bits per heavy atom. The van der Waals surface area contributed by atoms with Crippen molar-refractivity contribution in [1.82, 2.24) is 4.98 Å². The van der Waals surface area contributed by atoms with Crippen LogP contribution < -0.4 is 5.73 Å². The van der Waals surface area contributed by atoms with Crippen molar-refractivity contribution in [1.29, 1.82) is 0 Å². The highest BCUT2D eigenvalue weighted by molar-refractivity contribution is 7.99. The molecule has 2 aromatic rings. The van der Waals surface area contributed by atoms with Gasteiger partial charge in [-0.2, -0.15) is 0 Å². The largest absolute Gasteiger partial charge is 0.397 e. The SMILES string of the molecule is Cc1cc(N)cnc1Sc1ccc(S(C)(=O)=O)cc1. The van der Waals surface area contributed by atoms with Crippen LogP contribution in [0.25, 0.3) is 0 Å². The minimum absolute atomic E-state index is 0.318. The Hall–Kier alpha value is -1.53. The molecule has 0 aliphatic rings. The van der Waals surface area contributed by atoms with Gasteiger partial charge in [-0.3, -0.25) is 0 Å². The van der Waals surface area contributed by atoms with E-state index in [1.807, 2.05) is 13.0 Å². The van der Waals surface area contributed by atoms with E-state index in [1.54, 1.807) is 30.5 Å². The molecule has 0 spiro atoms. The molecule has 0 saturated heterocycles. The molecule has 0 bridgehead atoms. The first-order valence-corrected chi connectivity index (χ1v) is 8.27. The molecule has 0 unspecified atom stereocenters. The lowest BCUT2D eigenvalue weighted by molar-refractivity contribution is 0.602. The van der Waals surface area contributed by atoms with Gasteiger partial charge in [-0.25, -0.2) is 13.4 Å². The molecule has 1 aromatic heterocycles. The van der Waals surface area contributed by atoms with Gasteiger partial charge in [0.2, 0.25) is 0 Å². The molecule has 0 saturated carbocycles. The smallest absolute Gasteiger partial charge is 0.175 e. The van der Waals surface area contributed by atoms with E-state index in [4.69, 9.17) is 5.73 Å². The minimum atomic E-state index is -3.15. The summed E-state index contributed by atoms with van der Waals surface area (Å²) in [6.07, 6.45) is 2.81. The quantitative estimate of drug-likeness (QED) is 0.941. The van der Waals surface area contributed by atoms with Gasteiger partial charge in [-0.15, -0.1) is 0 Å². The summed E-state index contributed by atoms with van der Waals surface area (Å²) in [4.78, 5) is 5.52. The number of sulfone groups is 1. The van der Waals surface area contributed by atoms with Crippen LogP contribution in [0.1, 0.15) is 5.56 Å². The number of nitrogen functional groups attached to an aromatic ring is 1. The molecule has 0 aliphatic heterocycles. The lowest BCUT2D eigenvalue weighted by atomic mass is 10.3. The van der Waals surface area contributed by atoms with E-state index in [0.717, 1.165) is 15.5 Å². The van der Waals surface area contributed by atoms with Crippen molar-refractivity contribution >= 4 is 27.3 Å². The Morgan fingerprint density at radius 1 is 1.21 bits per heavy atom. The predicted octanol–water partition coefficient (Wildman–Crippen LogP) is 2.53. The van der Waals surface area contributed by atoms with Gasteiger partial charge < -0.3 is 5.73 Å². The van der Waals surface area contributed by atoms with Crippen LogP contribution in [0.15, 0.2) is 51.3 Å². The molecule has 2 N–H and O–H groups in total. The van der Waals surface area contributed by atoms with Gasteiger partial charge in [-0.05, 0) is 42.8 Å². The summed E-state index contributed by atoms with van der Waals surface area (Å²) in [5, 5.41) is 0.862. The number of nitrogens with two attached hydrogens (primary N) is 1. The second kappa shape index (κ2) is 5.22. The van der Waals surface area contributed by atoms with Crippen LogP contribution in [0.3, 0.4) is 0 Å². The number of aromatic nitrogens is 1. The van der Waals surface area contributed by atoms with E-state index in [2.05, 4.69) is 4.98 Å². The van der Waals surface area contributed by atoms with Gasteiger partial charge in [0.1, 0.15) is 5.03 Å². The fraction of sp³-hybridized carbons (Fsp3) is 0.154. The van der Waals surface area contributed by atoms with E-state index >= 15 is 0 Å². The molecule has 0 radical (unpaired) electrons.